The van der Waals surface area contributed by atoms with Crippen molar-refractivity contribution in [3.05, 3.63) is 53.3 Å². The van der Waals surface area contributed by atoms with Crippen molar-refractivity contribution in [1.29, 1.82) is 0 Å². The molecule has 0 saturated carbocycles. The van der Waals surface area contributed by atoms with Crippen LogP contribution in [-0.4, -0.2) is 50.7 Å². The zero-order chi connectivity index (χ0) is 19.2. The molecule has 0 aromatic heterocycles. The second-order valence-corrected chi connectivity index (χ2v) is 6.69. The molecule has 3 rings (SSSR count). The maximum atomic E-state index is 13.2. The Bertz CT molecular complexity index is 785. The number of rotatable bonds is 5. The molecule has 1 fully saturated rings. The Balaban J connectivity index is 1.53. The van der Waals surface area contributed by atoms with Gasteiger partial charge < -0.3 is 19.3 Å². The van der Waals surface area contributed by atoms with Crippen LogP contribution in [0.5, 0.6) is 11.5 Å². The van der Waals surface area contributed by atoms with Gasteiger partial charge in [0, 0.05) is 37.9 Å². The molecule has 0 aliphatic carbocycles. The Hall–Kier alpha value is -2.47. The first-order valence-electron chi connectivity index (χ1n) is 8.81. The Morgan fingerprint density at radius 3 is 2.52 bits per heavy atom. The summed E-state index contributed by atoms with van der Waals surface area (Å²) >= 11 is 5.73. The third-order valence-electron chi connectivity index (χ3n) is 4.54. The van der Waals surface area contributed by atoms with E-state index in [-0.39, 0.29) is 17.5 Å². The largest absolute Gasteiger partial charge is 0.497 e. The Labute approximate surface area is 163 Å². The van der Waals surface area contributed by atoms with Gasteiger partial charge in [-0.1, -0.05) is 11.6 Å². The van der Waals surface area contributed by atoms with Crippen LogP contribution >= 0.6 is 11.6 Å². The van der Waals surface area contributed by atoms with Crippen molar-refractivity contribution < 1.29 is 18.7 Å². The predicted molar refractivity (Wildman–Crippen MR) is 103 cm³/mol. The zero-order valence-electron chi connectivity index (χ0n) is 15.2. The summed E-state index contributed by atoms with van der Waals surface area (Å²) in [6.45, 7) is 2.84. The van der Waals surface area contributed by atoms with Gasteiger partial charge in [-0.25, -0.2) is 4.39 Å². The average molecular weight is 393 g/mol. The van der Waals surface area contributed by atoms with Crippen molar-refractivity contribution in [2.45, 2.75) is 6.42 Å². The number of hydrogen-bond acceptors (Lipinski definition) is 4. The van der Waals surface area contributed by atoms with Crippen molar-refractivity contribution >= 4 is 23.2 Å². The highest BCUT2D eigenvalue weighted by Gasteiger charge is 2.20. The summed E-state index contributed by atoms with van der Waals surface area (Å²) in [6.07, 6.45) is 0.875. The van der Waals surface area contributed by atoms with Crippen molar-refractivity contribution in [1.82, 2.24) is 4.90 Å². The van der Waals surface area contributed by atoms with Gasteiger partial charge >= 0.3 is 0 Å². The highest BCUT2D eigenvalue weighted by molar-refractivity contribution is 6.30. The van der Waals surface area contributed by atoms with Gasteiger partial charge in [-0.2, -0.15) is 0 Å². The minimum Gasteiger partial charge on any atom is -0.497 e. The van der Waals surface area contributed by atoms with E-state index in [4.69, 9.17) is 21.1 Å². The maximum absolute atomic E-state index is 13.2. The summed E-state index contributed by atoms with van der Waals surface area (Å²) in [4.78, 5) is 16.5. The Morgan fingerprint density at radius 1 is 1.07 bits per heavy atom. The monoisotopic (exact) mass is 392 g/mol. The van der Waals surface area contributed by atoms with Gasteiger partial charge in [-0.15, -0.1) is 0 Å². The molecule has 1 aliphatic rings. The lowest BCUT2D eigenvalue weighted by atomic mass is 10.2. The topological polar surface area (TPSA) is 42.0 Å². The van der Waals surface area contributed by atoms with Crippen LogP contribution in [0, 0.1) is 5.82 Å². The SMILES string of the molecule is COc1ccc(N2CCCN(C(=O)COc3ccc(F)c(Cl)c3)CC2)cc1. The number of amides is 1. The van der Waals surface area contributed by atoms with E-state index in [1.54, 1.807) is 12.0 Å². The number of nitrogens with zero attached hydrogens (tertiary/aromatic N) is 2. The van der Waals surface area contributed by atoms with Crippen LogP contribution in [0.3, 0.4) is 0 Å². The van der Waals surface area contributed by atoms with E-state index in [0.29, 0.717) is 18.8 Å². The van der Waals surface area contributed by atoms with E-state index in [2.05, 4.69) is 4.90 Å². The molecule has 0 N–H and O–H groups in total. The van der Waals surface area contributed by atoms with Gasteiger partial charge in [0.1, 0.15) is 17.3 Å². The molecule has 144 valence electrons. The van der Waals surface area contributed by atoms with Crippen LogP contribution in [0.15, 0.2) is 42.5 Å². The number of carbonyl (C=O) groups excluding carboxylic acids is 1. The lowest BCUT2D eigenvalue weighted by Gasteiger charge is -2.24. The predicted octanol–water partition coefficient (Wildman–Crippen LogP) is 3.61. The summed E-state index contributed by atoms with van der Waals surface area (Å²) < 4.78 is 23.8. The summed E-state index contributed by atoms with van der Waals surface area (Å²) in [5.41, 5.74) is 1.11. The van der Waals surface area contributed by atoms with Crippen molar-refractivity contribution in [2.24, 2.45) is 0 Å². The first kappa shape index (κ1) is 19.3. The zero-order valence-corrected chi connectivity index (χ0v) is 15.9. The standard InChI is InChI=1S/C20H22ClFN2O3/c1-26-16-5-3-15(4-6-16)23-9-2-10-24(12-11-23)20(25)14-27-17-7-8-19(22)18(21)13-17/h3-8,13H,2,9-12,14H2,1H3. The molecule has 0 bridgehead atoms. The van der Waals surface area contributed by atoms with E-state index < -0.39 is 5.82 Å². The summed E-state index contributed by atoms with van der Waals surface area (Å²) in [7, 11) is 1.65. The molecule has 0 unspecified atom stereocenters. The molecule has 0 atom stereocenters. The Morgan fingerprint density at radius 2 is 1.81 bits per heavy atom. The minimum atomic E-state index is -0.513. The third-order valence-corrected chi connectivity index (χ3v) is 4.83. The normalized spacial score (nSPS) is 14.6. The van der Waals surface area contributed by atoms with E-state index in [1.807, 2.05) is 24.3 Å². The van der Waals surface area contributed by atoms with E-state index in [9.17, 15) is 9.18 Å². The van der Waals surface area contributed by atoms with E-state index in [1.165, 1.54) is 18.2 Å². The molecule has 7 heteroatoms. The van der Waals surface area contributed by atoms with Crippen molar-refractivity contribution in [3.8, 4) is 11.5 Å². The minimum absolute atomic E-state index is 0.0233. The number of carbonyl (C=O) groups is 1. The molecule has 5 nitrogen and oxygen atoms in total. The fraction of sp³-hybridized carbons (Fsp3) is 0.350. The molecule has 1 aliphatic heterocycles. The van der Waals surface area contributed by atoms with Gasteiger partial charge in [0.15, 0.2) is 6.61 Å². The number of ether oxygens (including phenoxy) is 2. The van der Waals surface area contributed by atoms with Crippen molar-refractivity contribution in [3.63, 3.8) is 0 Å². The number of methoxy groups -OCH3 is 1. The average Bonchev–Trinajstić information content (AvgIpc) is 2.95. The van der Waals surface area contributed by atoms with Gasteiger partial charge in [-0.05, 0) is 42.8 Å². The number of benzene rings is 2. The first-order valence-corrected chi connectivity index (χ1v) is 9.19. The van der Waals surface area contributed by atoms with Crippen molar-refractivity contribution in [2.75, 3.05) is 44.8 Å². The number of hydrogen-bond donors (Lipinski definition) is 0. The summed E-state index contributed by atoms with van der Waals surface area (Å²) in [5, 5.41) is -0.0233. The fourth-order valence-corrected chi connectivity index (χ4v) is 3.19. The number of halogens is 2. The van der Waals surface area contributed by atoms with Crippen LogP contribution in [0.25, 0.3) is 0 Å². The quantitative estimate of drug-likeness (QED) is 0.779. The van der Waals surface area contributed by atoms with E-state index in [0.717, 1.165) is 30.9 Å². The van der Waals surface area contributed by atoms with E-state index >= 15 is 0 Å². The first-order chi connectivity index (χ1) is 13.1. The van der Waals surface area contributed by atoms with Crippen LogP contribution in [0.2, 0.25) is 5.02 Å². The van der Waals surface area contributed by atoms with Gasteiger partial charge in [0.05, 0.1) is 12.1 Å². The smallest absolute Gasteiger partial charge is 0.260 e. The molecule has 2 aromatic rings. The Kier molecular flexibility index (Phi) is 6.40. The second-order valence-electron chi connectivity index (χ2n) is 6.28. The molecule has 27 heavy (non-hydrogen) atoms. The lowest BCUT2D eigenvalue weighted by Crippen LogP contribution is -2.38. The second kappa shape index (κ2) is 8.95. The molecule has 1 amide bonds. The lowest BCUT2D eigenvalue weighted by molar-refractivity contribution is -0.133. The molecule has 2 aromatic carbocycles. The molecular formula is C20H22ClFN2O3. The van der Waals surface area contributed by atoms with Crippen LogP contribution in [0.4, 0.5) is 10.1 Å². The van der Waals surface area contributed by atoms with Gasteiger partial charge in [0.2, 0.25) is 0 Å². The highest BCUT2D eigenvalue weighted by atomic mass is 35.5. The molecule has 0 spiro atoms. The van der Waals surface area contributed by atoms with Gasteiger partial charge in [0.25, 0.3) is 5.91 Å². The van der Waals surface area contributed by atoms with Crippen LogP contribution < -0.4 is 14.4 Å². The fourth-order valence-electron chi connectivity index (χ4n) is 3.02. The summed E-state index contributed by atoms with van der Waals surface area (Å²) in [6, 6.07) is 12.0. The number of anilines is 1. The molecule has 0 radical (unpaired) electrons. The maximum Gasteiger partial charge on any atom is 0.260 e. The van der Waals surface area contributed by atoms with Gasteiger partial charge in [-0.3, -0.25) is 4.79 Å². The highest BCUT2D eigenvalue weighted by Crippen LogP contribution is 2.22. The molecular weight excluding hydrogens is 371 g/mol. The van der Waals surface area contributed by atoms with Crippen LogP contribution in [0.1, 0.15) is 6.42 Å². The molecule has 1 saturated heterocycles. The third kappa shape index (κ3) is 5.04. The van der Waals surface area contributed by atoms with Crippen LogP contribution in [-0.2, 0) is 4.79 Å². The summed E-state index contributed by atoms with van der Waals surface area (Å²) in [5.74, 6) is 0.598. The molecule has 1 heterocycles.